The third-order valence-electron chi connectivity index (χ3n) is 3.63. The molecule has 13 heavy (non-hydrogen) atoms. The van der Waals surface area contributed by atoms with Crippen LogP contribution in [0.3, 0.4) is 0 Å². The first kappa shape index (κ1) is 13.4. The second-order valence-corrected chi connectivity index (χ2v) is 22.2. The molecule has 0 radical (unpaired) electrons. The molecule has 0 amide bonds. The second-order valence-electron chi connectivity index (χ2n) is 4.96. The van der Waals surface area contributed by atoms with E-state index in [9.17, 15) is 0 Å². The van der Waals surface area contributed by atoms with E-state index in [0.29, 0.717) is 0 Å². The molecule has 0 N–H and O–H groups in total. The van der Waals surface area contributed by atoms with Gasteiger partial charge in [0.15, 0.2) is 0 Å². The van der Waals surface area contributed by atoms with Gasteiger partial charge in [-0.05, 0) is 0 Å². The van der Waals surface area contributed by atoms with Gasteiger partial charge in [-0.1, -0.05) is 0 Å². The van der Waals surface area contributed by atoms with E-state index in [4.69, 9.17) is 6.42 Å². The zero-order valence-electron chi connectivity index (χ0n) is 10.0. The summed E-state index contributed by atoms with van der Waals surface area (Å²) < 4.78 is 3.71. The van der Waals surface area contributed by atoms with Crippen molar-refractivity contribution in [2.75, 3.05) is 0 Å². The maximum atomic E-state index is 5.53. The fourth-order valence-corrected chi connectivity index (χ4v) is 18.7. The van der Waals surface area contributed by atoms with Crippen LogP contribution >= 0.6 is 0 Å². The predicted octanol–water partition coefficient (Wildman–Crippen LogP) is 4.30. The zero-order chi connectivity index (χ0) is 10.6. The molecule has 0 unspecified atom stereocenters. The van der Waals surface area contributed by atoms with Gasteiger partial charge < -0.3 is 0 Å². The Hall–Kier alpha value is 0.359. The summed E-state index contributed by atoms with van der Waals surface area (Å²) >= 11 is -2.07. The summed E-state index contributed by atoms with van der Waals surface area (Å²) in [4.78, 5) is 0. The van der Waals surface area contributed by atoms with E-state index < -0.39 is 18.4 Å². The van der Waals surface area contributed by atoms with Crippen molar-refractivity contribution in [1.29, 1.82) is 0 Å². The predicted molar refractivity (Wildman–Crippen MR) is 64.7 cm³/mol. The molecule has 0 bridgehead atoms. The minimum atomic E-state index is -2.07. The number of hydrogen-bond acceptors (Lipinski definition) is 0. The molecule has 1 heteroatoms. The third kappa shape index (κ3) is 2.65. The standard InChI is InChI=1S/3C3H7.C3H3.Sn/c4*1-3-2;/h3*3H,1-2H3;1H,2H2;. The summed E-state index contributed by atoms with van der Waals surface area (Å²) in [5.41, 5.74) is 0. The van der Waals surface area contributed by atoms with Gasteiger partial charge in [-0.15, -0.1) is 0 Å². The van der Waals surface area contributed by atoms with Crippen molar-refractivity contribution < 1.29 is 0 Å². The van der Waals surface area contributed by atoms with Crippen molar-refractivity contribution in [1.82, 2.24) is 0 Å². The van der Waals surface area contributed by atoms with Gasteiger partial charge in [0.05, 0.1) is 0 Å². The molecule has 0 saturated heterocycles. The Balaban J connectivity index is 4.96. The average molecular weight is 287 g/mol. The zero-order valence-corrected chi connectivity index (χ0v) is 12.9. The normalized spacial score (nSPS) is 12.6. The monoisotopic (exact) mass is 288 g/mol. The molecule has 0 aliphatic heterocycles. The van der Waals surface area contributed by atoms with Gasteiger partial charge >= 0.3 is 88.5 Å². The van der Waals surface area contributed by atoms with Crippen LogP contribution in [0.4, 0.5) is 0 Å². The molecule has 0 aliphatic rings. The van der Waals surface area contributed by atoms with Crippen molar-refractivity contribution >= 4 is 18.4 Å². The fraction of sp³-hybridized carbons (Fsp3) is 0.833. The average Bonchev–Trinajstić information content (AvgIpc) is 1.97. The van der Waals surface area contributed by atoms with Crippen LogP contribution in [0.5, 0.6) is 0 Å². The summed E-state index contributed by atoms with van der Waals surface area (Å²) in [5, 5.41) is 0. The summed E-state index contributed by atoms with van der Waals surface area (Å²) in [5.74, 6) is 2.95. The number of hydrogen-bond donors (Lipinski definition) is 0. The van der Waals surface area contributed by atoms with Crippen LogP contribution in [0.1, 0.15) is 41.5 Å². The minimum absolute atomic E-state index is 0.866. The van der Waals surface area contributed by atoms with Crippen molar-refractivity contribution in [2.45, 2.75) is 57.8 Å². The summed E-state index contributed by atoms with van der Waals surface area (Å²) in [6, 6.07) is 0. The van der Waals surface area contributed by atoms with Gasteiger partial charge in [0, 0.05) is 0 Å². The molecule has 0 rings (SSSR count). The van der Waals surface area contributed by atoms with Crippen LogP contribution in [0.25, 0.3) is 0 Å². The van der Waals surface area contributed by atoms with Gasteiger partial charge in [-0.25, -0.2) is 0 Å². The Morgan fingerprint density at radius 1 is 0.923 bits per heavy atom. The Morgan fingerprint density at radius 2 is 1.23 bits per heavy atom. The molecule has 0 aromatic carbocycles. The Morgan fingerprint density at radius 3 is 1.31 bits per heavy atom. The van der Waals surface area contributed by atoms with Crippen molar-refractivity contribution in [3.05, 3.63) is 0 Å². The van der Waals surface area contributed by atoms with E-state index in [1.54, 1.807) is 0 Å². The second kappa shape index (κ2) is 5.29. The first-order chi connectivity index (χ1) is 5.89. The molecule has 0 aliphatic carbocycles. The van der Waals surface area contributed by atoms with E-state index in [2.05, 4.69) is 47.5 Å². The van der Waals surface area contributed by atoms with Crippen LogP contribution in [0.15, 0.2) is 0 Å². The SMILES string of the molecule is C#C[CH2][Sn]([CH](C)C)([CH](C)C)[CH](C)C. The van der Waals surface area contributed by atoms with Gasteiger partial charge in [0.2, 0.25) is 0 Å². The van der Waals surface area contributed by atoms with Gasteiger partial charge in [-0.3, -0.25) is 0 Å². The molecule has 0 saturated carbocycles. The first-order valence-electron chi connectivity index (χ1n) is 5.33. The summed E-state index contributed by atoms with van der Waals surface area (Å²) in [6.07, 6.45) is 5.53. The molecule has 0 aromatic heterocycles. The molecule has 76 valence electrons. The summed E-state index contributed by atoms with van der Waals surface area (Å²) in [6.45, 7) is 14.3. The fourth-order valence-electron chi connectivity index (χ4n) is 2.79. The first-order valence-corrected chi connectivity index (χ1v) is 12.3. The third-order valence-corrected chi connectivity index (χ3v) is 24.4. The Labute approximate surface area is 88.4 Å². The van der Waals surface area contributed by atoms with Crippen LogP contribution in [-0.4, -0.2) is 18.4 Å². The Bertz CT molecular complexity index is 162. The molecule has 0 nitrogen and oxygen atoms in total. The van der Waals surface area contributed by atoms with E-state index in [1.165, 1.54) is 0 Å². The van der Waals surface area contributed by atoms with Gasteiger partial charge in [-0.2, -0.15) is 0 Å². The van der Waals surface area contributed by atoms with Crippen molar-refractivity contribution in [2.24, 2.45) is 0 Å². The van der Waals surface area contributed by atoms with Crippen LogP contribution in [0.2, 0.25) is 16.2 Å². The molecule has 0 heterocycles. The Kier molecular flexibility index (Phi) is 5.44. The van der Waals surface area contributed by atoms with Gasteiger partial charge in [0.1, 0.15) is 0 Å². The van der Waals surface area contributed by atoms with Crippen molar-refractivity contribution in [3.63, 3.8) is 0 Å². The van der Waals surface area contributed by atoms with E-state index in [0.717, 1.165) is 16.2 Å². The number of terminal acetylenes is 1. The topological polar surface area (TPSA) is 0 Å². The van der Waals surface area contributed by atoms with Crippen LogP contribution in [0, 0.1) is 12.3 Å². The van der Waals surface area contributed by atoms with E-state index in [1.807, 2.05) is 0 Å². The quantitative estimate of drug-likeness (QED) is 0.534. The molecule has 0 atom stereocenters. The molecule has 0 fully saturated rings. The van der Waals surface area contributed by atoms with Crippen LogP contribution in [-0.2, 0) is 0 Å². The van der Waals surface area contributed by atoms with E-state index >= 15 is 0 Å². The van der Waals surface area contributed by atoms with Gasteiger partial charge in [0.25, 0.3) is 0 Å². The van der Waals surface area contributed by atoms with Crippen LogP contribution < -0.4 is 0 Å². The maximum absolute atomic E-state index is 5.53. The molecule has 0 aromatic rings. The van der Waals surface area contributed by atoms with E-state index in [-0.39, 0.29) is 0 Å². The molecule has 0 spiro atoms. The van der Waals surface area contributed by atoms with Crippen molar-refractivity contribution in [3.8, 4) is 12.3 Å². The summed E-state index contributed by atoms with van der Waals surface area (Å²) in [7, 11) is 0. The molecular weight excluding hydrogens is 263 g/mol. The number of rotatable bonds is 4. The molecular formula is C12H24Sn.